The molecule has 1 N–H and O–H groups in total. The number of hydrogen-bond donors (Lipinski definition) is 1. The molecule has 0 saturated carbocycles. The summed E-state index contributed by atoms with van der Waals surface area (Å²) in [5.41, 5.74) is 1.60. The number of ether oxygens (including phenoxy) is 1. The number of amides is 2. The minimum Gasteiger partial charge on any atom is -0.492 e. The number of hydrogen-bond acceptors (Lipinski definition) is 5. The van der Waals surface area contributed by atoms with Crippen LogP contribution in [-0.2, 0) is 32.6 Å². The van der Waals surface area contributed by atoms with E-state index in [4.69, 9.17) is 27.9 Å². The molecule has 0 radical (unpaired) electrons. The number of carbonyl (C=O) groups is 2. The van der Waals surface area contributed by atoms with E-state index in [1.54, 1.807) is 49.4 Å². The van der Waals surface area contributed by atoms with Gasteiger partial charge in [0.05, 0.1) is 18.6 Å². The molecule has 0 unspecified atom stereocenters. The Hall–Kier alpha value is -3.27. The number of benzene rings is 3. The van der Waals surface area contributed by atoms with E-state index in [2.05, 4.69) is 5.32 Å². The predicted molar refractivity (Wildman–Crippen MR) is 155 cm³/mol. The Morgan fingerprint density at radius 2 is 1.67 bits per heavy atom. The Bertz CT molecular complexity index is 1400. The van der Waals surface area contributed by atoms with E-state index >= 15 is 0 Å². The zero-order valence-electron chi connectivity index (χ0n) is 21.9. The van der Waals surface area contributed by atoms with Gasteiger partial charge in [-0.1, -0.05) is 71.7 Å². The summed E-state index contributed by atoms with van der Waals surface area (Å²) in [7, 11) is -2.44. The Morgan fingerprint density at radius 3 is 2.28 bits per heavy atom. The van der Waals surface area contributed by atoms with E-state index in [0.29, 0.717) is 28.0 Å². The first-order valence-corrected chi connectivity index (χ1v) is 14.8. The molecule has 3 aromatic rings. The van der Waals surface area contributed by atoms with Crippen molar-refractivity contribution in [3.05, 3.63) is 94.0 Å². The highest BCUT2D eigenvalue weighted by molar-refractivity contribution is 7.92. The zero-order valence-corrected chi connectivity index (χ0v) is 24.3. The number of halogens is 2. The van der Waals surface area contributed by atoms with Crippen molar-refractivity contribution in [3.8, 4) is 5.75 Å². The lowest BCUT2D eigenvalue weighted by atomic mass is 10.0. The summed E-state index contributed by atoms with van der Waals surface area (Å²) in [6.07, 6.45) is 1.22. The molecule has 0 aliphatic rings. The third-order valence-corrected chi connectivity index (χ3v) is 7.70. The van der Waals surface area contributed by atoms with Gasteiger partial charge in [0.25, 0.3) is 0 Å². The minimum atomic E-state index is -3.92. The van der Waals surface area contributed by atoms with Gasteiger partial charge in [-0.25, -0.2) is 8.42 Å². The first-order valence-electron chi connectivity index (χ1n) is 12.2. The largest absolute Gasteiger partial charge is 0.492 e. The molecule has 0 aliphatic carbocycles. The Kier molecular flexibility index (Phi) is 10.6. The summed E-state index contributed by atoms with van der Waals surface area (Å²) in [6, 6.07) is 19.7. The fourth-order valence-corrected chi connectivity index (χ4v) is 5.41. The van der Waals surface area contributed by atoms with E-state index in [9.17, 15) is 18.0 Å². The molecule has 0 heterocycles. The van der Waals surface area contributed by atoms with Crippen molar-refractivity contribution in [1.82, 2.24) is 10.2 Å². The van der Waals surface area contributed by atoms with Crippen molar-refractivity contribution in [2.75, 3.05) is 30.8 Å². The molecule has 11 heteroatoms. The Labute approximate surface area is 239 Å². The van der Waals surface area contributed by atoms with Crippen LogP contribution in [0.3, 0.4) is 0 Å². The molecule has 0 saturated heterocycles. The standard InChI is InChI=1S/C28H31Cl2N3O5S/c1-4-38-26-13-9-8-12-24(26)33(39(3,36)37)19-27(34)32(18-21-14-15-22(29)17-23(21)30)25(28(35)31-2)16-20-10-6-5-7-11-20/h5-15,17,25H,4,16,18-19H2,1-3H3,(H,31,35)/t25-/m0/s1. The molecule has 0 bridgehead atoms. The van der Waals surface area contributed by atoms with Gasteiger partial charge < -0.3 is 15.0 Å². The molecule has 0 aliphatic heterocycles. The number of nitrogens with one attached hydrogen (secondary N) is 1. The van der Waals surface area contributed by atoms with Gasteiger partial charge in [-0.15, -0.1) is 0 Å². The highest BCUT2D eigenvalue weighted by atomic mass is 35.5. The fourth-order valence-electron chi connectivity index (χ4n) is 4.09. The Morgan fingerprint density at radius 1 is 1.00 bits per heavy atom. The van der Waals surface area contributed by atoms with Crippen LogP contribution in [0, 0.1) is 0 Å². The van der Waals surface area contributed by atoms with Crippen LogP contribution in [-0.4, -0.2) is 57.6 Å². The monoisotopic (exact) mass is 591 g/mol. The topological polar surface area (TPSA) is 96.0 Å². The molecular formula is C28H31Cl2N3O5S. The van der Waals surface area contributed by atoms with Crippen LogP contribution in [0.15, 0.2) is 72.8 Å². The van der Waals surface area contributed by atoms with Gasteiger partial charge in [0, 0.05) is 30.1 Å². The summed E-state index contributed by atoms with van der Waals surface area (Å²) in [6.45, 7) is 1.47. The first-order chi connectivity index (χ1) is 18.5. The van der Waals surface area contributed by atoms with Crippen molar-refractivity contribution >= 4 is 50.7 Å². The molecule has 3 rings (SSSR count). The van der Waals surface area contributed by atoms with Gasteiger partial charge in [0.1, 0.15) is 18.3 Å². The Balaban J connectivity index is 2.08. The quantitative estimate of drug-likeness (QED) is 0.333. The number of likely N-dealkylation sites (N-methyl/N-ethyl adjacent to an activating group) is 1. The van der Waals surface area contributed by atoms with Gasteiger partial charge in [-0.2, -0.15) is 0 Å². The number of carbonyl (C=O) groups excluding carboxylic acids is 2. The average Bonchev–Trinajstić information content (AvgIpc) is 2.90. The SMILES string of the molecule is CCOc1ccccc1N(CC(=O)N(Cc1ccc(Cl)cc1Cl)[C@@H](Cc1ccccc1)C(=O)NC)S(C)(=O)=O. The molecule has 208 valence electrons. The van der Waals surface area contributed by atoms with Crippen LogP contribution in [0.1, 0.15) is 18.1 Å². The smallest absolute Gasteiger partial charge is 0.244 e. The highest BCUT2D eigenvalue weighted by Crippen LogP contribution is 2.30. The van der Waals surface area contributed by atoms with E-state index in [1.165, 1.54) is 11.9 Å². The third kappa shape index (κ3) is 8.11. The maximum absolute atomic E-state index is 14.0. The van der Waals surface area contributed by atoms with Crippen molar-refractivity contribution in [3.63, 3.8) is 0 Å². The van der Waals surface area contributed by atoms with E-state index < -0.39 is 34.4 Å². The van der Waals surface area contributed by atoms with Crippen LogP contribution < -0.4 is 14.4 Å². The van der Waals surface area contributed by atoms with E-state index in [1.807, 2.05) is 30.3 Å². The molecule has 0 fully saturated rings. The zero-order chi connectivity index (χ0) is 28.6. The summed E-state index contributed by atoms with van der Waals surface area (Å²) in [4.78, 5) is 28.5. The van der Waals surface area contributed by atoms with Crippen molar-refractivity contribution in [2.24, 2.45) is 0 Å². The molecule has 2 amide bonds. The molecule has 0 aromatic heterocycles. The summed E-state index contributed by atoms with van der Waals surface area (Å²) < 4.78 is 32.5. The van der Waals surface area contributed by atoms with Crippen molar-refractivity contribution in [1.29, 1.82) is 0 Å². The van der Waals surface area contributed by atoms with Crippen LogP contribution in [0.25, 0.3) is 0 Å². The van der Waals surface area contributed by atoms with Crippen molar-refractivity contribution < 1.29 is 22.7 Å². The lowest BCUT2D eigenvalue weighted by Crippen LogP contribution is -2.53. The molecular weight excluding hydrogens is 561 g/mol. The molecule has 1 atom stereocenters. The second-order valence-electron chi connectivity index (χ2n) is 8.75. The predicted octanol–water partition coefficient (Wildman–Crippen LogP) is 4.54. The number of sulfonamides is 1. The molecule has 8 nitrogen and oxygen atoms in total. The third-order valence-electron chi connectivity index (χ3n) is 5.99. The molecule has 39 heavy (non-hydrogen) atoms. The van der Waals surface area contributed by atoms with Gasteiger partial charge >= 0.3 is 0 Å². The normalized spacial score (nSPS) is 11.9. The number of nitrogens with zero attached hydrogens (tertiary/aromatic N) is 2. The molecule has 3 aromatic carbocycles. The van der Waals surface area contributed by atoms with Gasteiger partial charge in [0.15, 0.2) is 0 Å². The summed E-state index contributed by atoms with van der Waals surface area (Å²) in [5.74, 6) is -0.683. The summed E-state index contributed by atoms with van der Waals surface area (Å²) in [5, 5.41) is 3.37. The molecule has 0 spiro atoms. The van der Waals surface area contributed by atoms with Gasteiger partial charge in [0.2, 0.25) is 21.8 Å². The summed E-state index contributed by atoms with van der Waals surface area (Å²) >= 11 is 12.5. The van der Waals surface area contributed by atoms with Gasteiger partial charge in [-0.05, 0) is 42.3 Å². The number of rotatable bonds is 12. The maximum atomic E-state index is 14.0. The lowest BCUT2D eigenvalue weighted by Gasteiger charge is -2.33. The van der Waals surface area contributed by atoms with Crippen LogP contribution in [0.2, 0.25) is 10.0 Å². The highest BCUT2D eigenvalue weighted by Gasteiger charge is 2.33. The second-order valence-corrected chi connectivity index (χ2v) is 11.5. The van der Waals surface area contributed by atoms with E-state index in [-0.39, 0.29) is 18.7 Å². The number of anilines is 1. The first kappa shape index (κ1) is 30.3. The van der Waals surface area contributed by atoms with Crippen LogP contribution in [0.5, 0.6) is 5.75 Å². The fraction of sp³-hybridized carbons (Fsp3) is 0.286. The van der Waals surface area contributed by atoms with Crippen molar-refractivity contribution in [2.45, 2.75) is 25.9 Å². The lowest BCUT2D eigenvalue weighted by molar-refractivity contribution is -0.139. The van der Waals surface area contributed by atoms with Crippen LogP contribution >= 0.6 is 23.2 Å². The maximum Gasteiger partial charge on any atom is 0.244 e. The van der Waals surface area contributed by atoms with E-state index in [0.717, 1.165) is 16.1 Å². The second kappa shape index (κ2) is 13.7. The van der Waals surface area contributed by atoms with Gasteiger partial charge in [-0.3, -0.25) is 13.9 Å². The number of para-hydroxylation sites is 2. The minimum absolute atomic E-state index is 0.0511. The van der Waals surface area contributed by atoms with Crippen LogP contribution in [0.4, 0.5) is 5.69 Å². The average molecular weight is 593 g/mol.